The molecule has 178 valence electrons. The number of para-hydroxylation sites is 1. The fourth-order valence-electron chi connectivity index (χ4n) is 3.64. The van der Waals surface area contributed by atoms with Crippen LogP contribution in [0.1, 0.15) is 17.5 Å². The summed E-state index contributed by atoms with van der Waals surface area (Å²) in [4.78, 5) is 51.7. The van der Waals surface area contributed by atoms with Crippen molar-refractivity contribution in [1.82, 2.24) is 15.6 Å². The van der Waals surface area contributed by atoms with Gasteiger partial charge in [-0.15, -0.1) is 0 Å². The average molecular weight is 466 g/mol. The summed E-state index contributed by atoms with van der Waals surface area (Å²) >= 11 is 0. The smallest absolute Gasteiger partial charge is 0.326 e. The maximum Gasteiger partial charge on any atom is 0.326 e. The molecule has 0 aliphatic heterocycles. The quantitative estimate of drug-likeness (QED) is 0.235. The largest absolute Gasteiger partial charge is 0.480 e. The molecule has 1 heterocycles. The molecule has 0 spiro atoms. The number of fused-ring (bicyclic) bond motifs is 1. The molecule has 0 saturated heterocycles. The number of primary amides is 1. The number of hydrogen-bond donors (Lipinski definition) is 6. The normalized spacial score (nSPS) is 13.6. The monoisotopic (exact) mass is 465 g/mol. The minimum absolute atomic E-state index is 0.0400. The van der Waals surface area contributed by atoms with Crippen molar-refractivity contribution in [3.05, 3.63) is 71.9 Å². The number of carbonyl (C=O) groups excluding carboxylic acids is 3. The van der Waals surface area contributed by atoms with Crippen molar-refractivity contribution in [2.24, 2.45) is 11.5 Å². The number of aromatic nitrogens is 1. The van der Waals surface area contributed by atoms with Crippen LogP contribution in [-0.2, 0) is 32.0 Å². The van der Waals surface area contributed by atoms with Gasteiger partial charge >= 0.3 is 5.97 Å². The molecule has 3 unspecified atom stereocenters. The summed E-state index contributed by atoms with van der Waals surface area (Å²) in [7, 11) is 0. The summed E-state index contributed by atoms with van der Waals surface area (Å²) in [5.41, 5.74) is 13.1. The van der Waals surface area contributed by atoms with E-state index in [1.54, 1.807) is 30.5 Å². The predicted molar refractivity (Wildman–Crippen MR) is 125 cm³/mol. The number of H-pyrrole nitrogens is 1. The first-order valence-electron chi connectivity index (χ1n) is 10.7. The molecule has 0 fully saturated rings. The van der Waals surface area contributed by atoms with Crippen LogP contribution in [0.2, 0.25) is 0 Å². The maximum atomic E-state index is 13.1. The number of hydrogen-bond acceptors (Lipinski definition) is 5. The Labute approximate surface area is 195 Å². The minimum Gasteiger partial charge on any atom is -0.480 e. The lowest BCUT2D eigenvalue weighted by Crippen LogP contribution is -2.56. The maximum absolute atomic E-state index is 13.1. The Bertz CT molecular complexity index is 1180. The molecular weight excluding hydrogens is 438 g/mol. The Morgan fingerprint density at radius 2 is 1.53 bits per heavy atom. The molecule has 34 heavy (non-hydrogen) atoms. The highest BCUT2D eigenvalue weighted by Crippen LogP contribution is 2.19. The van der Waals surface area contributed by atoms with Crippen molar-refractivity contribution >= 4 is 34.6 Å². The van der Waals surface area contributed by atoms with E-state index in [-0.39, 0.29) is 19.3 Å². The molecule has 0 aliphatic carbocycles. The van der Waals surface area contributed by atoms with Crippen molar-refractivity contribution in [1.29, 1.82) is 0 Å². The number of benzene rings is 2. The van der Waals surface area contributed by atoms with Crippen LogP contribution in [0, 0.1) is 0 Å². The van der Waals surface area contributed by atoms with Gasteiger partial charge in [-0.2, -0.15) is 0 Å². The van der Waals surface area contributed by atoms with Gasteiger partial charge in [0.2, 0.25) is 17.7 Å². The summed E-state index contributed by atoms with van der Waals surface area (Å²) in [5, 5.41) is 15.7. The zero-order chi connectivity index (χ0) is 24.7. The lowest BCUT2D eigenvalue weighted by atomic mass is 10.0. The molecule has 0 bridgehead atoms. The van der Waals surface area contributed by atoms with Crippen molar-refractivity contribution < 1.29 is 24.3 Å². The van der Waals surface area contributed by atoms with Gasteiger partial charge in [0.05, 0.1) is 12.5 Å². The van der Waals surface area contributed by atoms with E-state index in [2.05, 4.69) is 15.6 Å². The number of carboxylic acid groups (broad SMARTS) is 1. The molecule has 3 rings (SSSR count). The highest BCUT2D eigenvalue weighted by Gasteiger charge is 2.29. The molecule has 10 heteroatoms. The van der Waals surface area contributed by atoms with Crippen molar-refractivity contribution in [3.8, 4) is 0 Å². The molecule has 0 radical (unpaired) electrons. The second-order valence-electron chi connectivity index (χ2n) is 7.99. The van der Waals surface area contributed by atoms with E-state index in [9.17, 15) is 24.3 Å². The molecule has 3 amide bonds. The summed E-state index contributed by atoms with van der Waals surface area (Å²) in [6.07, 6.45) is 1.46. The van der Waals surface area contributed by atoms with Crippen molar-refractivity contribution in [3.63, 3.8) is 0 Å². The Hall–Kier alpha value is -4.18. The van der Waals surface area contributed by atoms with Gasteiger partial charge in [-0.05, 0) is 17.2 Å². The first-order chi connectivity index (χ1) is 16.2. The van der Waals surface area contributed by atoms with E-state index < -0.39 is 41.8 Å². The second-order valence-corrected chi connectivity index (χ2v) is 7.99. The van der Waals surface area contributed by atoms with Gasteiger partial charge in [0.15, 0.2) is 0 Å². The van der Waals surface area contributed by atoms with Crippen LogP contribution in [0.25, 0.3) is 10.9 Å². The lowest BCUT2D eigenvalue weighted by Gasteiger charge is -2.23. The Morgan fingerprint density at radius 3 is 2.21 bits per heavy atom. The van der Waals surface area contributed by atoms with Crippen LogP contribution in [0.3, 0.4) is 0 Å². The fourth-order valence-corrected chi connectivity index (χ4v) is 3.64. The number of carbonyl (C=O) groups is 4. The first kappa shape index (κ1) is 24.5. The SMILES string of the molecule is NC(=O)CC(N)C(=O)NC(Cc1ccccc1)C(=O)NC(Cc1c[nH]c2ccccc12)C(=O)O. The van der Waals surface area contributed by atoms with Gasteiger partial charge in [0.1, 0.15) is 12.1 Å². The van der Waals surface area contributed by atoms with E-state index in [0.717, 1.165) is 22.0 Å². The first-order valence-corrected chi connectivity index (χ1v) is 10.7. The molecule has 8 N–H and O–H groups in total. The fraction of sp³-hybridized carbons (Fsp3) is 0.250. The third kappa shape index (κ3) is 6.42. The Balaban J connectivity index is 1.77. The van der Waals surface area contributed by atoms with Crippen LogP contribution in [-0.4, -0.2) is 51.9 Å². The van der Waals surface area contributed by atoms with Crippen LogP contribution in [0.4, 0.5) is 0 Å². The number of rotatable bonds is 11. The van der Waals surface area contributed by atoms with Crippen LogP contribution in [0.15, 0.2) is 60.8 Å². The molecule has 2 aromatic carbocycles. The van der Waals surface area contributed by atoms with Gasteiger partial charge in [-0.1, -0.05) is 48.5 Å². The molecule has 10 nitrogen and oxygen atoms in total. The molecule has 3 atom stereocenters. The topological polar surface area (TPSA) is 180 Å². The summed E-state index contributed by atoms with van der Waals surface area (Å²) in [5.74, 6) is -3.39. The second kappa shape index (κ2) is 11.1. The van der Waals surface area contributed by atoms with E-state index in [4.69, 9.17) is 11.5 Å². The summed E-state index contributed by atoms with van der Waals surface area (Å²) < 4.78 is 0. The van der Waals surface area contributed by atoms with Gasteiger partial charge < -0.3 is 32.2 Å². The zero-order valence-electron chi connectivity index (χ0n) is 18.4. The van der Waals surface area contributed by atoms with E-state index in [1.165, 1.54) is 0 Å². The number of nitrogens with two attached hydrogens (primary N) is 2. The van der Waals surface area contributed by atoms with Gasteiger partial charge in [-0.25, -0.2) is 4.79 Å². The van der Waals surface area contributed by atoms with Gasteiger partial charge in [-0.3, -0.25) is 14.4 Å². The number of amides is 3. The third-order valence-corrected chi connectivity index (χ3v) is 5.39. The molecule has 0 saturated carbocycles. The average Bonchev–Trinajstić information content (AvgIpc) is 3.21. The van der Waals surface area contributed by atoms with E-state index in [0.29, 0.717) is 0 Å². The van der Waals surface area contributed by atoms with Crippen LogP contribution < -0.4 is 22.1 Å². The van der Waals surface area contributed by atoms with E-state index >= 15 is 0 Å². The minimum atomic E-state index is -1.24. The highest BCUT2D eigenvalue weighted by molar-refractivity contribution is 5.94. The van der Waals surface area contributed by atoms with E-state index in [1.807, 2.05) is 30.3 Å². The van der Waals surface area contributed by atoms with Crippen molar-refractivity contribution in [2.75, 3.05) is 0 Å². The van der Waals surface area contributed by atoms with Gasteiger partial charge in [0, 0.05) is 29.9 Å². The highest BCUT2D eigenvalue weighted by atomic mass is 16.4. The Kier molecular flexibility index (Phi) is 7.99. The number of nitrogens with one attached hydrogen (secondary N) is 3. The molecule has 0 aliphatic rings. The lowest BCUT2D eigenvalue weighted by molar-refractivity contribution is -0.142. The molecular formula is C24H27N5O5. The Morgan fingerprint density at radius 1 is 0.882 bits per heavy atom. The number of aliphatic carboxylic acids is 1. The zero-order valence-corrected chi connectivity index (χ0v) is 18.4. The molecule has 1 aromatic heterocycles. The number of aromatic amines is 1. The molecule has 3 aromatic rings. The van der Waals surface area contributed by atoms with Crippen LogP contribution in [0.5, 0.6) is 0 Å². The standard InChI is InChI=1S/C24H27N5O5/c25-17(12-21(26)30)22(31)28-19(10-14-6-2-1-3-7-14)23(32)29-20(24(33)34)11-15-13-27-18-9-5-4-8-16(15)18/h1-9,13,17,19-20,27H,10-12,25H2,(H2,26,30)(H,28,31)(H,29,32)(H,33,34). The summed E-state index contributed by atoms with van der Waals surface area (Å²) in [6.45, 7) is 0. The number of carboxylic acids is 1. The predicted octanol–water partition coefficient (Wildman–Crippen LogP) is 0.210. The van der Waals surface area contributed by atoms with Gasteiger partial charge in [0.25, 0.3) is 0 Å². The summed E-state index contributed by atoms with van der Waals surface area (Å²) in [6, 6.07) is 12.8. The van der Waals surface area contributed by atoms with Crippen molar-refractivity contribution in [2.45, 2.75) is 37.4 Å². The van der Waals surface area contributed by atoms with Crippen LogP contribution >= 0.6 is 0 Å². The third-order valence-electron chi connectivity index (χ3n) is 5.39.